The van der Waals surface area contributed by atoms with Crippen molar-refractivity contribution < 1.29 is 33.5 Å². The van der Waals surface area contributed by atoms with Crippen molar-refractivity contribution in [3.63, 3.8) is 0 Å². The maximum atomic E-state index is 12.6. The minimum Gasteiger partial charge on any atom is -0.496 e. The van der Waals surface area contributed by atoms with Gasteiger partial charge in [0.05, 0.1) is 37.0 Å². The Balaban J connectivity index is 2.19. The second-order valence-electron chi connectivity index (χ2n) is 5.87. The molecule has 1 N–H and O–H groups in total. The molecule has 0 radical (unpaired) electrons. The molecule has 0 aromatic heterocycles. The number of anilines is 1. The Morgan fingerprint density at radius 3 is 2.20 bits per heavy atom. The molecule has 0 saturated carbocycles. The molecule has 0 aliphatic heterocycles. The smallest absolute Gasteiger partial charge is 0.342 e. The molecule has 1 amide bonds. The molecular formula is C19H19ClN2O8. The van der Waals surface area contributed by atoms with E-state index in [-0.39, 0.29) is 33.5 Å². The maximum absolute atomic E-state index is 12.6. The lowest BCUT2D eigenvalue weighted by molar-refractivity contribution is -0.384. The third-order valence-corrected chi connectivity index (χ3v) is 4.33. The van der Waals surface area contributed by atoms with E-state index in [0.717, 1.165) is 6.07 Å². The molecule has 1 atom stereocenters. The summed E-state index contributed by atoms with van der Waals surface area (Å²) < 4.78 is 20.7. The normalized spacial score (nSPS) is 11.2. The molecule has 30 heavy (non-hydrogen) atoms. The molecule has 1 unspecified atom stereocenters. The van der Waals surface area contributed by atoms with E-state index in [2.05, 4.69) is 5.32 Å². The van der Waals surface area contributed by atoms with Crippen molar-refractivity contribution in [3.8, 4) is 17.2 Å². The lowest BCUT2D eigenvalue weighted by Gasteiger charge is -2.17. The Morgan fingerprint density at radius 2 is 1.63 bits per heavy atom. The van der Waals surface area contributed by atoms with Crippen LogP contribution in [0.25, 0.3) is 0 Å². The molecule has 0 saturated heterocycles. The van der Waals surface area contributed by atoms with Gasteiger partial charge < -0.3 is 24.3 Å². The summed E-state index contributed by atoms with van der Waals surface area (Å²) in [6.07, 6.45) is -1.24. The van der Waals surface area contributed by atoms with Crippen molar-refractivity contribution in [2.75, 3.05) is 26.6 Å². The molecule has 0 spiro atoms. The maximum Gasteiger partial charge on any atom is 0.342 e. The first-order valence-electron chi connectivity index (χ1n) is 8.47. The molecule has 10 nitrogen and oxygen atoms in total. The number of ether oxygens (including phenoxy) is 4. The molecule has 2 aromatic carbocycles. The largest absolute Gasteiger partial charge is 0.496 e. The quantitative estimate of drug-likeness (QED) is 0.377. The standard InChI is InChI=1S/C19H19ClN2O8/c1-10(18(23)21-14-7-11(22(25)26)5-6-13(14)20)30-19(24)12-8-16(28-3)17(29-4)9-15(12)27-2/h5-10H,1-4H3,(H,21,23). The van der Waals surface area contributed by atoms with Crippen LogP contribution in [0.5, 0.6) is 17.2 Å². The molecule has 0 fully saturated rings. The molecule has 0 heterocycles. The molecule has 2 aromatic rings. The zero-order valence-electron chi connectivity index (χ0n) is 16.6. The summed E-state index contributed by atoms with van der Waals surface area (Å²) in [4.78, 5) is 35.2. The van der Waals surface area contributed by atoms with Crippen LogP contribution in [0.2, 0.25) is 5.02 Å². The van der Waals surface area contributed by atoms with Gasteiger partial charge in [-0.1, -0.05) is 11.6 Å². The number of methoxy groups -OCH3 is 3. The van der Waals surface area contributed by atoms with E-state index >= 15 is 0 Å². The first kappa shape index (κ1) is 22.8. The average molecular weight is 439 g/mol. The highest BCUT2D eigenvalue weighted by Crippen LogP contribution is 2.35. The second kappa shape index (κ2) is 9.79. The Kier molecular flexibility index (Phi) is 7.43. The van der Waals surface area contributed by atoms with E-state index in [0.29, 0.717) is 5.75 Å². The monoisotopic (exact) mass is 438 g/mol. The minimum atomic E-state index is -1.24. The minimum absolute atomic E-state index is 0.0162. The number of esters is 1. The van der Waals surface area contributed by atoms with E-state index in [4.69, 9.17) is 30.5 Å². The molecule has 0 aliphatic carbocycles. The average Bonchev–Trinajstić information content (AvgIpc) is 2.73. The summed E-state index contributed by atoms with van der Waals surface area (Å²) >= 11 is 5.97. The van der Waals surface area contributed by atoms with Gasteiger partial charge in [0.1, 0.15) is 11.3 Å². The van der Waals surface area contributed by atoms with Gasteiger partial charge in [0.15, 0.2) is 17.6 Å². The number of halogens is 1. The Morgan fingerprint density at radius 1 is 1.03 bits per heavy atom. The molecule has 160 valence electrons. The highest BCUT2D eigenvalue weighted by atomic mass is 35.5. The van der Waals surface area contributed by atoms with Crippen LogP contribution in [0.4, 0.5) is 11.4 Å². The van der Waals surface area contributed by atoms with Crippen LogP contribution in [0, 0.1) is 10.1 Å². The van der Waals surface area contributed by atoms with Gasteiger partial charge in [-0.15, -0.1) is 0 Å². The molecule has 11 heteroatoms. The van der Waals surface area contributed by atoms with Crippen LogP contribution in [0.15, 0.2) is 30.3 Å². The Bertz CT molecular complexity index is 979. The first-order valence-corrected chi connectivity index (χ1v) is 8.85. The number of non-ortho nitro benzene ring substituents is 1. The van der Waals surface area contributed by atoms with Gasteiger partial charge in [-0.3, -0.25) is 14.9 Å². The predicted octanol–water partition coefficient (Wildman–Crippen LogP) is 3.46. The molecular weight excluding hydrogens is 420 g/mol. The zero-order valence-corrected chi connectivity index (χ0v) is 17.3. The van der Waals surface area contributed by atoms with Crippen molar-refractivity contribution in [3.05, 3.63) is 51.0 Å². The Labute approximate surface area is 176 Å². The number of nitrogens with one attached hydrogen (secondary N) is 1. The molecule has 0 bridgehead atoms. The first-order chi connectivity index (χ1) is 14.2. The number of rotatable bonds is 8. The summed E-state index contributed by atoms with van der Waals surface area (Å²) in [6, 6.07) is 6.39. The summed E-state index contributed by atoms with van der Waals surface area (Å²) in [7, 11) is 4.19. The van der Waals surface area contributed by atoms with Gasteiger partial charge in [0.25, 0.3) is 11.6 Å². The number of nitro groups is 1. The van der Waals surface area contributed by atoms with Crippen molar-refractivity contribution in [2.24, 2.45) is 0 Å². The highest BCUT2D eigenvalue weighted by Gasteiger charge is 2.24. The van der Waals surface area contributed by atoms with Crippen LogP contribution < -0.4 is 19.5 Å². The van der Waals surface area contributed by atoms with Crippen molar-refractivity contribution in [2.45, 2.75) is 13.0 Å². The fourth-order valence-electron chi connectivity index (χ4n) is 2.42. The van der Waals surface area contributed by atoms with Crippen LogP contribution in [0.3, 0.4) is 0 Å². The summed E-state index contributed by atoms with van der Waals surface area (Å²) in [5.41, 5.74) is -0.222. The van der Waals surface area contributed by atoms with E-state index < -0.39 is 22.9 Å². The van der Waals surface area contributed by atoms with Gasteiger partial charge in [-0.25, -0.2) is 4.79 Å². The zero-order chi connectivity index (χ0) is 22.4. The van der Waals surface area contributed by atoms with Crippen LogP contribution in [-0.4, -0.2) is 44.2 Å². The fourth-order valence-corrected chi connectivity index (χ4v) is 2.59. The number of carbonyl (C=O) groups excluding carboxylic acids is 2. The summed E-state index contributed by atoms with van der Waals surface area (Å²) in [5.74, 6) is -0.805. The van der Waals surface area contributed by atoms with Gasteiger partial charge in [0.2, 0.25) is 0 Å². The van der Waals surface area contributed by atoms with Crippen molar-refractivity contribution in [1.82, 2.24) is 0 Å². The van der Waals surface area contributed by atoms with E-state index in [9.17, 15) is 19.7 Å². The highest BCUT2D eigenvalue weighted by molar-refractivity contribution is 6.33. The third kappa shape index (κ3) is 5.09. The topological polar surface area (TPSA) is 126 Å². The lowest BCUT2D eigenvalue weighted by atomic mass is 10.1. The summed E-state index contributed by atoms with van der Waals surface area (Å²) in [6.45, 7) is 1.34. The molecule has 2 rings (SSSR count). The van der Waals surface area contributed by atoms with Crippen molar-refractivity contribution in [1.29, 1.82) is 0 Å². The second-order valence-corrected chi connectivity index (χ2v) is 6.27. The number of benzene rings is 2. The fraction of sp³-hybridized carbons (Fsp3) is 0.263. The van der Waals surface area contributed by atoms with Crippen LogP contribution in [0.1, 0.15) is 17.3 Å². The van der Waals surface area contributed by atoms with E-state index in [1.165, 1.54) is 52.5 Å². The summed E-state index contributed by atoms with van der Waals surface area (Å²) in [5, 5.41) is 13.4. The molecule has 0 aliphatic rings. The third-order valence-electron chi connectivity index (χ3n) is 4.00. The number of hydrogen-bond donors (Lipinski definition) is 1. The lowest BCUT2D eigenvalue weighted by Crippen LogP contribution is -2.30. The van der Waals surface area contributed by atoms with Gasteiger partial charge in [-0.2, -0.15) is 0 Å². The number of nitro benzene ring substituents is 1. The Hall–Kier alpha value is -3.53. The van der Waals surface area contributed by atoms with E-state index in [1.54, 1.807) is 0 Å². The number of hydrogen-bond acceptors (Lipinski definition) is 8. The predicted molar refractivity (Wildman–Crippen MR) is 108 cm³/mol. The van der Waals surface area contributed by atoms with Crippen molar-refractivity contribution >= 4 is 34.9 Å². The number of carbonyl (C=O) groups is 2. The van der Waals surface area contributed by atoms with Crippen LogP contribution in [-0.2, 0) is 9.53 Å². The van der Waals surface area contributed by atoms with Gasteiger partial charge in [0, 0.05) is 24.3 Å². The van der Waals surface area contributed by atoms with E-state index in [1.807, 2.05) is 0 Å². The number of amides is 1. The van der Waals surface area contributed by atoms with Gasteiger partial charge in [-0.05, 0) is 13.0 Å². The SMILES string of the molecule is COc1cc(OC)c(C(=O)OC(C)C(=O)Nc2cc([N+](=O)[O-])ccc2Cl)cc1OC. The number of nitrogens with zero attached hydrogens (tertiary/aromatic N) is 1. The van der Waals surface area contributed by atoms with Crippen LogP contribution >= 0.6 is 11.6 Å². The van der Waals surface area contributed by atoms with Gasteiger partial charge >= 0.3 is 5.97 Å².